The number of rotatable bonds is 5. The third-order valence-corrected chi connectivity index (χ3v) is 6.84. The zero-order valence-corrected chi connectivity index (χ0v) is 18.0. The molecule has 2 saturated heterocycles. The Hall–Kier alpha value is -2.70. The summed E-state index contributed by atoms with van der Waals surface area (Å²) in [5, 5.41) is 0. The van der Waals surface area contributed by atoms with Gasteiger partial charge in [-0.3, -0.25) is 0 Å². The highest BCUT2D eigenvalue weighted by atomic mass is 19.1. The van der Waals surface area contributed by atoms with Crippen LogP contribution in [0.5, 0.6) is 6.01 Å². The van der Waals surface area contributed by atoms with Crippen molar-refractivity contribution in [3.05, 3.63) is 42.0 Å². The maximum Gasteiger partial charge on any atom is 0.410 e. The van der Waals surface area contributed by atoms with Crippen LogP contribution in [0.1, 0.15) is 51.0 Å². The minimum absolute atomic E-state index is 0.144. The molecule has 2 aliphatic heterocycles. The van der Waals surface area contributed by atoms with Crippen LogP contribution in [-0.2, 0) is 4.74 Å². The fourth-order valence-corrected chi connectivity index (χ4v) is 4.84. The molecule has 164 valence electrons. The summed E-state index contributed by atoms with van der Waals surface area (Å²) in [4.78, 5) is 23.1. The molecule has 0 unspecified atom stereocenters. The number of carbonyl (C=O) groups excluding carboxylic acids is 1. The second kappa shape index (κ2) is 7.77. The van der Waals surface area contributed by atoms with Crippen LogP contribution < -0.4 is 4.74 Å². The minimum Gasteiger partial charge on any atom is -0.463 e. The van der Waals surface area contributed by atoms with Crippen molar-refractivity contribution < 1.29 is 18.7 Å². The number of halogens is 1. The van der Waals surface area contributed by atoms with Crippen molar-refractivity contribution in [1.82, 2.24) is 14.9 Å². The van der Waals surface area contributed by atoms with Crippen LogP contribution in [0.2, 0.25) is 0 Å². The number of nitrogens with zero attached hydrogens (tertiary/aromatic N) is 3. The normalized spacial score (nSPS) is 25.9. The van der Waals surface area contributed by atoms with E-state index in [9.17, 15) is 9.18 Å². The van der Waals surface area contributed by atoms with E-state index in [1.54, 1.807) is 18.5 Å². The smallest absolute Gasteiger partial charge is 0.410 e. The first-order chi connectivity index (χ1) is 14.9. The van der Waals surface area contributed by atoms with E-state index in [4.69, 9.17) is 9.47 Å². The van der Waals surface area contributed by atoms with Gasteiger partial charge in [0.25, 0.3) is 0 Å². The highest BCUT2D eigenvalue weighted by Gasteiger charge is 2.48. The van der Waals surface area contributed by atoms with Gasteiger partial charge in [0.15, 0.2) is 0 Å². The summed E-state index contributed by atoms with van der Waals surface area (Å²) in [7, 11) is 0. The van der Waals surface area contributed by atoms with Crippen molar-refractivity contribution in [2.75, 3.05) is 6.61 Å². The number of benzene rings is 1. The molecule has 31 heavy (non-hydrogen) atoms. The van der Waals surface area contributed by atoms with E-state index in [-0.39, 0.29) is 29.6 Å². The molecule has 1 aromatic carbocycles. The van der Waals surface area contributed by atoms with Gasteiger partial charge in [0.2, 0.25) is 0 Å². The lowest BCUT2D eigenvalue weighted by Crippen LogP contribution is -2.48. The molecule has 0 radical (unpaired) electrons. The van der Waals surface area contributed by atoms with Gasteiger partial charge in [-0.2, -0.15) is 0 Å². The van der Waals surface area contributed by atoms with Crippen molar-refractivity contribution in [1.29, 1.82) is 0 Å². The predicted octanol–water partition coefficient (Wildman–Crippen LogP) is 4.90. The summed E-state index contributed by atoms with van der Waals surface area (Å²) in [6.45, 7) is 4.38. The Labute approximate surface area is 181 Å². The quantitative estimate of drug-likeness (QED) is 0.682. The number of aryl methyl sites for hydroxylation is 1. The molecule has 2 bridgehead atoms. The standard InChI is InChI=1S/C24H28FN3O3/c1-15-3-6-20(21(25)9-15)17-12-26-22(27-13-17)30-14-16-10-18-4-5-19(11-16)28(18)23(29)31-24(2)7-8-24/h3,6,9,12-13,16,18-19H,4-5,7-8,10-11,14H2,1-2H3/t18-,19-/m0/s1. The summed E-state index contributed by atoms with van der Waals surface area (Å²) in [5.74, 6) is 0.0737. The first kappa shape index (κ1) is 20.2. The van der Waals surface area contributed by atoms with Gasteiger partial charge in [0.05, 0.1) is 6.61 Å². The molecule has 1 amide bonds. The van der Waals surface area contributed by atoms with E-state index in [1.807, 2.05) is 24.8 Å². The van der Waals surface area contributed by atoms with Gasteiger partial charge in [-0.1, -0.05) is 12.1 Å². The van der Waals surface area contributed by atoms with Crippen LogP contribution in [0.4, 0.5) is 9.18 Å². The van der Waals surface area contributed by atoms with E-state index in [2.05, 4.69) is 9.97 Å². The molecule has 3 heterocycles. The molecule has 2 atom stereocenters. The van der Waals surface area contributed by atoms with Gasteiger partial charge in [-0.25, -0.2) is 19.2 Å². The van der Waals surface area contributed by atoms with Gasteiger partial charge >= 0.3 is 12.1 Å². The number of hydrogen-bond acceptors (Lipinski definition) is 5. The number of carbonyl (C=O) groups is 1. The number of hydrogen-bond donors (Lipinski definition) is 0. The second-order valence-corrected chi connectivity index (χ2v) is 9.50. The van der Waals surface area contributed by atoms with Crippen LogP contribution >= 0.6 is 0 Å². The lowest BCUT2D eigenvalue weighted by molar-refractivity contribution is 0.0216. The van der Waals surface area contributed by atoms with Crippen molar-refractivity contribution in [3.8, 4) is 17.1 Å². The maximum absolute atomic E-state index is 14.2. The molecular formula is C24H28FN3O3. The van der Waals surface area contributed by atoms with E-state index in [0.717, 1.165) is 44.1 Å². The molecule has 3 aliphatic rings. The minimum atomic E-state index is -0.284. The number of ether oxygens (including phenoxy) is 2. The Bertz CT molecular complexity index is 963. The molecule has 5 rings (SSSR count). The Morgan fingerprint density at radius 1 is 1.19 bits per heavy atom. The van der Waals surface area contributed by atoms with Gasteiger partial charge in [-0.15, -0.1) is 0 Å². The topological polar surface area (TPSA) is 64.5 Å². The van der Waals surface area contributed by atoms with Crippen molar-refractivity contribution >= 4 is 6.09 Å². The van der Waals surface area contributed by atoms with E-state index >= 15 is 0 Å². The molecular weight excluding hydrogens is 397 g/mol. The van der Waals surface area contributed by atoms with Crippen molar-refractivity contribution in [2.45, 2.75) is 70.1 Å². The lowest BCUT2D eigenvalue weighted by atomic mass is 9.92. The molecule has 7 heteroatoms. The second-order valence-electron chi connectivity index (χ2n) is 9.50. The molecule has 2 aromatic rings. The monoisotopic (exact) mass is 425 g/mol. The van der Waals surface area contributed by atoms with Gasteiger partial charge in [0.1, 0.15) is 11.4 Å². The summed E-state index contributed by atoms with van der Waals surface area (Å²) in [6, 6.07) is 5.87. The van der Waals surface area contributed by atoms with Crippen molar-refractivity contribution in [2.24, 2.45) is 5.92 Å². The maximum atomic E-state index is 14.2. The molecule has 0 spiro atoms. The average molecular weight is 426 g/mol. The highest BCUT2D eigenvalue weighted by Crippen LogP contribution is 2.43. The Morgan fingerprint density at radius 3 is 2.48 bits per heavy atom. The lowest BCUT2D eigenvalue weighted by Gasteiger charge is -2.38. The number of piperidine rings is 1. The van der Waals surface area contributed by atoms with E-state index < -0.39 is 0 Å². The Morgan fingerprint density at radius 2 is 1.87 bits per heavy atom. The first-order valence-electron chi connectivity index (χ1n) is 11.1. The third-order valence-electron chi connectivity index (χ3n) is 6.84. The fraction of sp³-hybridized carbons (Fsp3) is 0.542. The molecule has 0 N–H and O–H groups in total. The Kier molecular flexibility index (Phi) is 5.07. The summed E-state index contributed by atoms with van der Waals surface area (Å²) < 4.78 is 25.7. The van der Waals surface area contributed by atoms with Gasteiger partial charge in [0, 0.05) is 35.6 Å². The highest BCUT2D eigenvalue weighted by molar-refractivity contribution is 5.70. The van der Waals surface area contributed by atoms with E-state index in [0.29, 0.717) is 29.7 Å². The number of fused-ring (bicyclic) bond motifs is 2. The van der Waals surface area contributed by atoms with Crippen LogP contribution in [0.15, 0.2) is 30.6 Å². The summed E-state index contributed by atoms with van der Waals surface area (Å²) in [6.07, 6.45) is 8.86. The average Bonchev–Trinajstić information content (AvgIpc) is 3.40. The summed E-state index contributed by atoms with van der Waals surface area (Å²) >= 11 is 0. The molecule has 1 aliphatic carbocycles. The molecule has 6 nitrogen and oxygen atoms in total. The number of amides is 1. The molecule has 1 aromatic heterocycles. The van der Waals surface area contributed by atoms with Crippen molar-refractivity contribution in [3.63, 3.8) is 0 Å². The predicted molar refractivity (Wildman–Crippen MR) is 113 cm³/mol. The van der Waals surface area contributed by atoms with Crippen LogP contribution in [0.25, 0.3) is 11.1 Å². The zero-order chi connectivity index (χ0) is 21.6. The largest absolute Gasteiger partial charge is 0.463 e. The van der Waals surface area contributed by atoms with Crippen LogP contribution in [0, 0.1) is 18.7 Å². The molecule has 3 fully saturated rings. The van der Waals surface area contributed by atoms with E-state index in [1.165, 1.54) is 6.07 Å². The van der Waals surface area contributed by atoms with Crippen LogP contribution in [0.3, 0.4) is 0 Å². The zero-order valence-electron chi connectivity index (χ0n) is 18.0. The third kappa shape index (κ3) is 4.23. The first-order valence-corrected chi connectivity index (χ1v) is 11.1. The van der Waals surface area contributed by atoms with Gasteiger partial charge in [-0.05, 0) is 69.9 Å². The summed E-state index contributed by atoms with van der Waals surface area (Å²) in [5.41, 5.74) is 1.74. The Balaban J connectivity index is 1.16. The number of aromatic nitrogens is 2. The molecule has 1 saturated carbocycles. The SMILES string of the molecule is Cc1ccc(-c2cnc(OCC3C[C@@H]4CC[C@@H](C3)N4C(=O)OC3(C)CC3)nc2)c(F)c1. The van der Waals surface area contributed by atoms with Gasteiger partial charge < -0.3 is 14.4 Å². The van der Waals surface area contributed by atoms with Crippen LogP contribution in [-0.4, -0.2) is 45.3 Å². The fourth-order valence-electron chi connectivity index (χ4n) is 4.84.